The summed E-state index contributed by atoms with van der Waals surface area (Å²) in [5, 5.41) is 4.95. The minimum Gasteiger partial charge on any atom is -0.376 e. The number of rotatable bonds is 3. The van der Waals surface area contributed by atoms with Gasteiger partial charge in [-0.2, -0.15) is 0 Å². The van der Waals surface area contributed by atoms with Crippen molar-refractivity contribution in [3.05, 3.63) is 62.1 Å². The van der Waals surface area contributed by atoms with Gasteiger partial charge in [-0.25, -0.2) is 0 Å². The van der Waals surface area contributed by atoms with Crippen molar-refractivity contribution < 1.29 is 0 Å². The summed E-state index contributed by atoms with van der Waals surface area (Å²) in [6.07, 6.45) is 0. The van der Waals surface area contributed by atoms with Crippen LogP contribution < -0.4 is 5.32 Å². The Balaban J connectivity index is 2.32. The molecule has 1 unspecified atom stereocenters. The summed E-state index contributed by atoms with van der Waals surface area (Å²) in [4.78, 5) is 0. The van der Waals surface area contributed by atoms with Crippen molar-refractivity contribution in [3.8, 4) is 0 Å². The van der Waals surface area contributed by atoms with E-state index in [0.29, 0.717) is 20.8 Å². The number of nitrogens with one attached hydrogen (secondary N) is 1. The van der Waals surface area contributed by atoms with E-state index < -0.39 is 0 Å². The van der Waals surface area contributed by atoms with E-state index in [-0.39, 0.29) is 6.04 Å². The van der Waals surface area contributed by atoms with Crippen LogP contribution >= 0.6 is 34.8 Å². The molecule has 0 aliphatic heterocycles. The topological polar surface area (TPSA) is 12.0 Å². The Morgan fingerprint density at radius 2 is 1.55 bits per heavy atom. The number of hydrogen-bond donors (Lipinski definition) is 1. The van der Waals surface area contributed by atoms with Crippen molar-refractivity contribution in [1.82, 2.24) is 0 Å². The number of hydrogen-bond acceptors (Lipinski definition) is 1. The molecule has 2 aromatic carbocycles. The maximum atomic E-state index is 6.21. The summed E-state index contributed by atoms with van der Waals surface area (Å²) in [6, 6.07) is 9.87. The first kappa shape index (κ1) is 15.5. The average Bonchev–Trinajstić information content (AvgIpc) is 2.36. The average molecular weight is 329 g/mol. The number of anilines is 1. The molecular weight excluding hydrogens is 313 g/mol. The van der Waals surface area contributed by atoms with E-state index in [4.69, 9.17) is 34.8 Å². The van der Waals surface area contributed by atoms with E-state index in [1.165, 1.54) is 16.7 Å². The third-order valence-electron chi connectivity index (χ3n) is 3.27. The van der Waals surface area contributed by atoms with Gasteiger partial charge in [0.1, 0.15) is 0 Å². The minimum atomic E-state index is 0.103. The molecule has 0 saturated heterocycles. The van der Waals surface area contributed by atoms with Crippen LogP contribution in [0, 0.1) is 13.8 Å². The van der Waals surface area contributed by atoms with E-state index in [1.807, 2.05) is 0 Å². The van der Waals surface area contributed by atoms with E-state index >= 15 is 0 Å². The third-order valence-corrected chi connectivity index (χ3v) is 4.08. The van der Waals surface area contributed by atoms with Gasteiger partial charge in [0.25, 0.3) is 0 Å². The summed E-state index contributed by atoms with van der Waals surface area (Å²) in [6.45, 7) is 6.26. The molecule has 2 rings (SSSR count). The predicted octanol–water partition coefficient (Wildman–Crippen LogP) is 6.44. The fraction of sp³-hybridized carbons (Fsp3) is 0.250. The van der Waals surface area contributed by atoms with Crippen molar-refractivity contribution in [2.45, 2.75) is 26.8 Å². The molecule has 1 nitrogen and oxygen atoms in total. The van der Waals surface area contributed by atoms with Gasteiger partial charge in [-0.05, 0) is 44.0 Å². The predicted molar refractivity (Wildman–Crippen MR) is 89.4 cm³/mol. The lowest BCUT2D eigenvalue weighted by atomic mass is 10.00. The van der Waals surface area contributed by atoms with Gasteiger partial charge in [0.05, 0.1) is 15.7 Å². The van der Waals surface area contributed by atoms with Crippen molar-refractivity contribution >= 4 is 40.5 Å². The quantitative estimate of drug-likeness (QED) is 0.684. The molecule has 1 atom stereocenters. The fourth-order valence-electron chi connectivity index (χ4n) is 2.20. The van der Waals surface area contributed by atoms with Crippen LogP contribution in [0.2, 0.25) is 15.1 Å². The van der Waals surface area contributed by atoms with Gasteiger partial charge >= 0.3 is 0 Å². The highest BCUT2D eigenvalue weighted by Gasteiger charge is 2.13. The maximum absolute atomic E-state index is 6.21. The molecule has 4 heteroatoms. The highest BCUT2D eigenvalue weighted by molar-refractivity contribution is 6.41. The molecule has 0 bridgehead atoms. The van der Waals surface area contributed by atoms with E-state index in [9.17, 15) is 0 Å². The van der Waals surface area contributed by atoms with Gasteiger partial charge in [0, 0.05) is 11.1 Å². The molecule has 0 heterocycles. The Labute approximate surface area is 134 Å². The van der Waals surface area contributed by atoms with E-state index in [0.717, 1.165) is 0 Å². The molecule has 0 saturated carbocycles. The van der Waals surface area contributed by atoms with Crippen LogP contribution in [0.15, 0.2) is 30.3 Å². The van der Waals surface area contributed by atoms with Gasteiger partial charge in [0.2, 0.25) is 0 Å². The minimum absolute atomic E-state index is 0.103. The Hall–Kier alpha value is -0.890. The number of aryl methyl sites for hydroxylation is 2. The van der Waals surface area contributed by atoms with Crippen molar-refractivity contribution in [2.75, 3.05) is 5.32 Å². The molecule has 0 fully saturated rings. The SMILES string of the molecule is Cc1ccc(C)c(C(C)Nc2c(Cl)cc(Cl)cc2Cl)c1. The zero-order chi connectivity index (χ0) is 14.9. The molecule has 0 aromatic heterocycles. The standard InChI is InChI=1S/C16H16Cl3N/c1-9-4-5-10(2)13(6-9)11(3)20-16-14(18)7-12(17)8-15(16)19/h4-8,11,20H,1-3H3. The Morgan fingerprint density at radius 3 is 2.15 bits per heavy atom. The number of halogens is 3. The summed E-state index contributed by atoms with van der Waals surface area (Å²) in [5.74, 6) is 0. The first-order valence-electron chi connectivity index (χ1n) is 6.36. The highest BCUT2D eigenvalue weighted by atomic mass is 35.5. The lowest BCUT2D eigenvalue weighted by Crippen LogP contribution is -2.09. The van der Waals surface area contributed by atoms with Crippen LogP contribution in [-0.2, 0) is 0 Å². The third kappa shape index (κ3) is 3.41. The Kier molecular flexibility index (Phi) is 4.85. The lowest BCUT2D eigenvalue weighted by Gasteiger charge is -2.20. The zero-order valence-corrected chi connectivity index (χ0v) is 13.9. The molecule has 0 aliphatic carbocycles. The highest BCUT2D eigenvalue weighted by Crippen LogP contribution is 2.36. The van der Waals surface area contributed by atoms with Gasteiger partial charge in [-0.3, -0.25) is 0 Å². The molecule has 20 heavy (non-hydrogen) atoms. The van der Waals surface area contributed by atoms with Crippen LogP contribution in [0.4, 0.5) is 5.69 Å². The molecule has 1 N–H and O–H groups in total. The molecule has 106 valence electrons. The normalized spacial score (nSPS) is 12.3. The van der Waals surface area contributed by atoms with Crippen molar-refractivity contribution in [1.29, 1.82) is 0 Å². The summed E-state index contributed by atoms with van der Waals surface area (Å²) >= 11 is 18.3. The first-order chi connectivity index (χ1) is 9.38. The van der Waals surface area contributed by atoms with Crippen LogP contribution in [0.5, 0.6) is 0 Å². The second-order valence-corrected chi connectivity index (χ2v) is 6.22. The second kappa shape index (κ2) is 6.26. The van der Waals surface area contributed by atoms with Crippen LogP contribution in [0.1, 0.15) is 29.7 Å². The van der Waals surface area contributed by atoms with Crippen LogP contribution in [0.3, 0.4) is 0 Å². The number of benzene rings is 2. The van der Waals surface area contributed by atoms with Crippen molar-refractivity contribution in [3.63, 3.8) is 0 Å². The second-order valence-electron chi connectivity index (χ2n) is 4.97. The molecule has 0 aliphatic rings. The molecule has 2 aromatic rings. The van der Waals surface area contributed by atoms with Gasteiger partial charge in [-0.15, -0.1) is 0 Å². The maximum Gasteiger partial charge on any atom is 0.0724 e. The van der Waals surface area contributed by atoms with Crippen LogP contribution in [-0.4, -0.2) is 0 Å². The molecule has 0 amide bonds. The van der Waals surface area contributed by atoms with Crippen LogP contribution in [0.25, 0.3) is 0 Å². The molecular formula is C16H16Cl3N. The first-order valence-corrected chi connectivity index (χ1v) is 7.50. The summed E-state index contributed by atoms with van der Waals surface area (Å²) in [7, 11) is 0. The van der Waals surface area contributed by atoms with Gasteiger partial charge in [-0.1, -0.05) is 58.6 Å². The zero-order valence-electron chi connectivity index (χ0n) is 11.6. The van der Waals surface area contributed by atoms with Crippen molar-refractivity contribution in [2.24, 2.45) is 0 Å². The lowest BCUT2D eigenvalue weighted by molar-refractivity contribution is 0.872. The Bertz CT molecular complexity index is 615. The smallest absolute Gasteiger partial charge is 0.0724 e. The molecule has 0 radical (unpaired) electrons. The van der Waals surface area contributed by atoms with Gasteiger partial charge < -0.3 is 5.32 Å². The van der Waals surface area contributed by atoms with Gasteiger partial charge in [0.15, 0.2) is 0 Å². The summed E-state index contributed by atoms with van der Waals surface area (Å²) in [5.41, 5.74) is 4.41. The Morgan fingerprint density at radius 1 is 0.950 bits per heavy atom. The summed E-state index contributed by atoms with van der Waals surface area (Å²) < 4.78 is 0. The molecule has 0 spiro atoms. The monoisotopic (exact) mass is 327 g/mol. The largest absolute Gasteiger partial charge is 0.376 e. The van der Waals surface area contributed by atoms with E-state index in [2.05, 4.69) is 44.3 Å². The van der Waals surface area contributed by atoms with E-state index in [1.54, 1.807) is 12.1 Å². The fourth-order valence-corrected chi connectivity index (χ4v) is 3.13.